The number of hydrogen-bond acceptors (Lipinski definition) is 4. The van der Waals surface area contributed by atoms with Crippen molar-refractivity contribution in [3.63, 3.8) is 0 Å². The Morgan fingerprint density at radius 1 is 1.56 bits per heavy atom. The highest BCUT2D eigenvalue weighted by Gasteiger charge is 2.11. The molecule has 18 heavy (non-hydrogen) atoms. The number of nitrogens with one attached hydrogen (secondary N) is 3. The highest BCUT2D eigenvalue weighted by atomic mass is 16.1. The van der Waals surface area contributed by atoms with Crippen LogP contribution in [-0.2, 0) is 11.3 Å². The number of amides is 1. The molecule has 0 aromatic heterocycles. The molecular weight excluding hydrogens is 228 g/mol. The van der Waals surface area contributed by atoms with Crippen molar-refractivity contribution in [1.82, 2.24) is 10.6 Å². The Morgan fingerprint density at radius 2 is 2.39 bits per heavy atom. The molecule has 1 amide bonds. The molecule has 1 unspecified atom stereocenters. The van der Waals surface area contributed by atoms with Gasteiger partial charge in [0.2, 0.25) is 5.91 Å². The minimum absolute atomic E-state index is 0.0595. The van der Waals surface area contributed by atoms with Gasteiger partial charge in [0, 0.05) is 25.2 Å². The molecule has 0 fully saturated rings. The average molecular weight is 246 g/mol. The van der Waals surface area contributed by atoms with E-state index in [1.54, 1.807) is 0 Å². The summed E-state index contributed by atoms with van der Waals surface area (Å²) in [5.74, 6) is 0.781. The third-order valence-electron chi connectivity index (χ3n) is 2.61. The van der Waals surface area contributed by atoms with Gasteiger partial charge in [-0.1, -0.05) is 12.1 Å². The molecule has 1 atom stereocenters. The van der Waals surface area contributed by atoms with Crippen molar-refractivity contribution in [3.8, 4) is 0 Å². The van der Waals surface area contributed by atoms with Crippen LogP contribution in [0.25, 0.3) is 0 Å². The Hall–Kier alpha value is -2.04. The van der Waals surface area contributed by atoms with Crippen molar-refractivity contribution in [2.24, 2.45) is 4.99 Å². The van der Waals surface area contributed by atoms with E-state index in [1.807, 2.05) is 24.3 Å². The number of carbonyl (C=O) groups excluding carboxylic acids is 1. The highest BCUT2D eigenvalue weighted by molar-refractivity contribution is 5.88. The molecule has 5 heteroatoms. The molecule has 3 N–H and O–H groups in total. The van der Waals surface area contributed by atoms with Gasteiger partial charge < -0.3 is 16.0 Å². The summed E-state index contributed by atoms with van der Waals surface area (Å²) in [5, 5.41) is 9.24. The maximum atomic E-state index is 11.0. The van der Waals surface area contributed by atoms with E-state index in [2.05, 4.69) is 27.9 Å². The summed E-state index contributed by atoms with van der Waals surface area (Å²) in [4.78, 5) is 15.3. The zero-order valence-electron chi connectivity index (χ0n) is 10.7. The Kier molecular flexibility index (Phi) is 3.82. The first-order valence-corrected chi connectivity index (χ1v) is 6.05. The highest BCUT2D eigenvalue weighted by Crippen LogP contribution is 2.10. The average Bonchev–Trinajstić information content (AvgIpc) is 2.72. The Bertz CT molecular complexity index is 470. The van der Waals surface area contributed by atoms with E-state index in [0.717, 1.165) is 23.8 Å². The Balaban J connectivity index is 1.91. The minimum atomic E-state index is -0.0595. The van der Waals surface area contributed by atoms with Gasteiger partial charge in [0.15, 0.2) is 5.96 Å². The topological polar surface area (TPSA) is 65.5 Å². The molecule has 1 heterocycles. The smallest absolute Gasteiger partial charge is 0.221 e. The molecule has 1 aliphatic heterocycles. The van der Waals surface area contributed by atoms with Gasteiger partial charge in [0.05, 0.1) is 6.54 Å². The Morgan fingerprint density at radius 3 is 3.06 bits per heavy atom. The lowest BCUT2D eigenvalue weighted by Crippen LogP contribution is -2.37. The van der Waals surface area contributed by atoms with Crippen LogP contribution in [0.3, 0.4) is 0 Å². The van der Waals surface area contributed by atoms with Crippen molar-refractivity contribution in [3.05, 3.63) is 29.8 Å². The zero-order valence-corrected chi connectivity index (χ0v) is 10.7. The first-order chi connectivity index (χ1) is 8.63. The normalized spacial score (nSPS) is 17.9. The number of guanidine groups is 1. The molecule has 1 aromatic rings. The fourth-order valence-electron chi connectivity index (χ4n) is 1.81. The fourth-order valence-corrected chi connectivity index (χ4v) is 1.81. The lowest BCUT2D eigenvalue weighted by atomic mass is 10.2. The fraction of sp³-hybridized carbons (Fsp3) is 0.385. The van der Waals surface area contributed by atoms with Crippen molar-refractivity contribution >= 4 is 17.6 Å². The molecule has 1 aromatic carbocycles. The number of benzene rings is 1. The van der Waals surface area contributed by atoms with Crippen molar-refractivity contribution < 1.29 is 4.79 Å². The van der Waals surface area contributed by atoms with Crippen molar-refractivity contribution in [2.75, 3.05) is 11.9 Å². The summed E-state index contributed by atoms with van der Waals surface area (Å²) in [6.45, 7) is 5.10. The van der Waals surface area contributed by atoms with Gasteiger partial charge in [-0.25, -0.2) is 0 Å². The molecule has 0 saturated heterocycles. The van der Waals surface area contributed by atoms with Crippen LogP contribution >= 0.6 is 0 Å². The third-order valence-corrected chi connectivity index (χ3v) is 2.61. The van der Waals surface area contributed by atoms with Gasteiger partial charge >= 0.3 is 0 Å². The number of nitrogens with zero attached hydrogens (tertiary/aromatic N) is 1. The third kappa shape index (κ3) is 3.48. The van der Waals surface area contributed by atoms with Gasteiger partial charge in [-0.05, 0) is 24.6 Å². The van der Waals surface area contributed by atoms with Crippen LogP contribution in [0.1, 0.15) is 19.4 Å². The van der Waals surface area contributed by atoms with Crippen molar-refractivity contribution in [2.45, 2.75) is 26.4 Å². The van der Waals surface area contributed by atoms with Crippen LogP contribution in [0.5, 0.6) is 0 Å². The SMILES string of the molecule is CC(=O)Nc1cccc(CNC2=NCC(C)N2)c1. The van der Waals surface area contributed by atoms with Crippen molar-refractivity contribution in [1.29, 1.82) is 0 Å². The number of aliphatic imine (C=N–C) groups is 1. The second-order valence-electron chi connectivity index (χ2n) is 4.47. The minimum Gasteiger partial charge on any atom is -0.352 e. The zero-order chi connectivity index (χ0) is 13.0. The number of rotatable bonds is 3. The standard InChI is InChI=1S/C13H18N4O/c1-9-7-14-13(16-9)15-8-11-4-3-5-12(6-11)17-10(2)18/h3-6,9H,7-8H2,1-2H3,(H,17,18)(H2,14,15,16). The largest absolute Gasteiger partial charge is 0.352 e. The Labute approximate surface area is 107 Å². The lowest BCUT2D eigenvalue weighted by Gasteiger charge is -2.10. The van der Waals surface area contributed by atoms with E-state index in [9.17, 15) is 4.79 Å². The van der Waals surface area contributed by atoms with Crippen LogP contribution in [0.15, 0.2) is 29.3 Å². The van der Waals surface area contributed by atoms with Gasteiger partial charge in [0.25, 0.3) is 0 Å². The molecule has 1 aliphatic rings. The second kappa shape index (κ2) is 5.53. The quantitative estimate of drug-likeness (QED) is 0.748. The van der Waals surface area contributed by atoms with Crippen LogP contribution in [0, 0.1) is 0 Å². The summed E-state index contributed by atoms with van der Waals surface area (Å²) >= 11 is 0. The van der Waals surface area contributed by atoms with Gasteiger partial charge in [0.1, 0.15) is 0 Å². The first kappa shape index (κ1) is 12.4. The van der Waals surface area contributed by atoms with E-state index in [4.69, 9.17) is 0 Å². The molecule has 2 rings (SSSR count). The monoisotopic (exact) mass is 246 g/mol. The molecule has 0 radical (unpaired) electrons. The van der Waals surface area contributed by atoms with E-state index in [0.29, 0.717) is 12.6 Å². The van der Waals surface area contributed by atoms with Gasteiger partial charge in [-0.3, -0.25) is 9.79 Å². The molecule has 5 nitrogen and oxygen atoms in total. The summed E-state index contributed by atoms with van der Waals surface area (Å²) in [5.41, 5.74) is 1.92. The maximum absolute atomic E-state index is 11.0. The van der Waals surface area contributed by atoms with Gasteiger partial charge in [-0.2, -0.15) is 0 Å². The number of carbonyl (C=O) groups is 1. The van der Waals surface area contributed by atoms with Crippen LogP contribution in [0.4, 0.5) is 5.69 Å². The summed E-state index contributed by atoms with van der Waals surface area (Å²) < 4.78 is 0. The van der Waals surface area contributed by atoms with Crippen LogP contribution < -0.4 is 16.0 Å². The lowest BCUT2D eigenvalue weighted by molar-refractivity contribution is -0.114. The molecular formula is C13H18N4O. The predicted octanol–water partition coefficient (Wildman–Crippen LogP) is 1.08. The molecule has 96 valence electrons. The molecule has 0 spiro atoms. The number of hydrogen-bond donors (Lipinski definition) is 3. The maximum Gasteiger partial charge on any atom is 0.221 e. The molecule has 0 aliphatic carbocycles. The first-order valence-electron chi connectivity index (χ1n) is 6.05. The van der Waals surface area contributed by atoms with E-state index in [-0.39, 0.29) is 5.91 Å². The van der Waals surface area contributed by atoms with Crippen LogP contribution in [-0.4, -0.2) is 24.5 Å². The molecule has 0 saturated carbocycles. The van der Waals surface area contributed by atoms with E-state index < -0.39 is 0 Å². The number of anilines is 1. The summed E-state index contributed by atoms with van der Waals surface area (Å²) in [7, 11) is 0. The molecule has 0 bridgehead atoms. The second-order valence-corrected chi connectivity index (χ2v) is 4.47. The van der Waals surface area contributed by atoms with E-state index >= 15 is 0 Å². The van der Waals surface area contributed by atoms with Crippen LogP contribution in [0.2, 0.25) is 0 Å². The summed E-state index contributed by atoms with van der Waals surface area (Å²) in [6.07, 6.45) is 0. The summed E-state index contributed by atoms with van der Waals surface area (Å²) in [6, 6.07) is 8.16. The van der Waals surface area contributed by atoms with Gasteiger partial charge in [-0.15, -0.1) is 0 Å². The predicted molar refractivity (Wildman–Crippen MR) is 72.5 cm³/mol. The van der Waals surface area contributed by atoms with E-state index in [1.165, 1.54) is 6.92 Å².